The first-order chi connectivity index (χ1) is 12.6. The molecule has 1 fully saturated rings. The number of amides is 3. The van der Waals surface area contributed by atoms with Crippen LogP contribution in [-0.2, 0) is 16.0 Å². The molecule has 1 aliphatic rings. The Hall–Kier alpha value is -3.41. The molecule has 1 saturated heterocycles. The summed E-state index contributed by atoms with van der Waals surface area (Å²) in [5, 5.41) is 6.15. The second-order valence-electron chi connectivity index (χ2n) is 6.44. The molecule has 6 nitrogen and oxygen atoms in total. The van der Waals surface area contributed by atoms with Crippen LogP contribution in [0.15, 0.2) is 54.6 Å². The molecule has 2 aromatic carbocycles. The molecule has 1 aliphatic heterocycles. The third-order valence-corrected chi connectivity index (χ3v) is 4.53. The summed E-state index contributed by atoms with van der Waals surface area (Å²) in [5.41, 5.74) is 3.03. The van der Waals surface area contributed by atoms with E-state index in [1.54, 1.807) is 12.1 Å². The van der Waals surface area contributed by atoms with Crippen molar-refractivity contribution >= 4 is 34.3 Å². The smallest absolute Gasteiger partial charge is 0.272 e. The molecule has 0 aliphatic carbocycles. The number of hydrogen-bond donors (Lipinski definition) is 3. The van der Waals surface area contributed by atoms with Crippen molar-refractivity contribution in [3.05, 3.63) is 65.9 Å². The van der Waals surface area contributed by atoms with Gasteiger partial charge in [-0.2, -0.15) is 0 Å². The maximum atomic E-state index is 12.4. The van der Waals surface area contributed by atoms with Crippen LogP contribution in [0.5, 0.6) is 0 Å². The first kappa shape index (κ1) is 16.1. The number of benzene rings is 2. The number of rotatable bonds is 4. The molecular formula is C20H17N3O3. The second-order valence-corrected chi connectivity index (χ2v) is 6.44. The van der Waals surface area contributed by atoms with Gasteiger partial charge in [0, 0.05) is 23.0 Å². The van der Waals surface area contributed by atoms with Crippen LogP contribution in [0.1, 0.15) is 22.5 Å². The molecule has 0 saturated carbocycles. The fraction of sp³-hybridized carbons (Fsp3) is 0.150. The lowest BCUT2D eigenvalue weighted by Crippen LogP contribution is -2.22. The van der Waals surface area contributed by atoms with Gasteiger partial charge in [0.2, 0.25) is 11.8 Å². The van der Waals surface area contributed by atoms with Crippen molar-refractivity contribution in [1.29, 1.82) is 0 Å². The van der Waals surface area contributed by atoms with Crippen LogP contribution in [-0.4, -0.2) is 22.7 Å². The molecule has 3 amide bonds. The third kappa shape index (κ3) is 3.21. The Bertz CT molecular complexity index is 972. The number of H-pyrrole nitrogens is 1. The summed E-state index contributed by atoms with van der Waals surface area (Å²) in [6, 6.07) is 16.8. The average Bonchev–Trinajstić information content (AvgIpc) is 3.19. The van der Waals surface area contributed by atoms with Gasteiger partial charge in [0.15, 0.2) is 0 Å². The van der Waals surface area contributed by atoms with Crippen molar-refractivity contribution in [3.63, 3.8) is 0 Å². The third-order valence-electron chi connectivity index (χ3n) is 4.53. The number of anilines is 1. The first-order valence-electron chi connectivity index (χ1n) is 8.40. The van der Waals surface area contributed by atoms with Crippen molar-refractivity contribution in [2.75, 3.05) is 5.32 Å². The number of para-hydroxylation sites is 1. The molecule has 3 aromatic rings. The molecule has 0 bridgehead atoms. The highest BCUT2D eigenvalue weighted by molar-refractivity contribution is 6.06. The van der Waals surface area contributed by atoms with E-state index in [0.717, 1.165) is 16.5 Å². The molecular weight excluding hydrogens is 330 g/mol. The second kappa shape index (κ2) is 6.48. The molecule has 2 heterocycles. The average molecular weight is 347 g/mol. The molecule has 6 heteroatoms. The van der Waals surface area contributed by atoms with Gasteiger partial charge in [-0.1, -0.05) is 30.3 Å². The van der Waals surface area contributed by atoms with Gasteiger partial charge in [-0.15, -0.1) is 0 Å². The van der Waals surface area contributed by atoms with Crippen LogP contribution in [0.2, 0.25) is 0 Å². The number of aromatic amines is 1. The maximum Gasteiger partial charge on any atom is 0.272 e. The Morgan fingerprint density at radius 1 is 1.08 bits per heavy atom. The van der Waals surface area contributed by atoms with E-state index in [2.05, 4.69) is 15.6 Å². The van der Waals surface area contributed by atoms with Crippen LogP contribution in [0.4, 0.5) is 5.69 Å². The Morgan fingerprint density at radius 2 is 1.85 bits per heavy atom. The minimum atomic E-state index is -0.311. The van der Waals surface area contributed by atoms with Crippen LogP contribution in [0.25, 0.3) is 10.9 Å². The van der Waals surface area contributed by atoms with Crippen LogP contribution < -0.4 is 10.6 Å². The fourth-order valence-corrected chi connectivity index (χ4v) is 3.17. The van der Waals surface area contributed by atoms with E-state index in [4.69, 9.17) is 0 Å². The fourth-order valence-electron chi connectivity index (χ4n) is 3.17. The SMILES string of the molecule is O=C1C[C@H](Cc2ccc(NC(=O)c3cc4ccccc4[nH]3)cc2)C(=O)N1. The Balaban J connectivity index is 1.43. The maximum absolute atomic E-state index is 12.4. The van der Waals surface area contributed by atoms with Crippen molar-refractivity contribution in [3.8, 4) is 0 Å². The summed E-state index contributed by atoms with van der Waals surface area (Å²) >= 11 is 0. The number of carbonyl (C=O) groups is 3. The standard InChI is InChI=1S/C20H17N3O3/c24-18-11-14(19(25)23-18)9-12-5-7-15(8-6-12)21-20(26)17-10-13-3-1-2-4-16(13)22-17/h1-8,10,14,22H,9,11H2,(H,21,26)(H,23,24,25)/t14-/m0/s1. The summed E-state index contributed by atoms with van der Waals surface area (Å²) in [5.74, 6) is -0.961. The Morgan fingerprint density at radius 3 is 2.54 bits per heavy atom. The quantitative estimate of drug-likeness (QED) is 0.634. The van der Waals surface area contributed by atoms with Crippen LogP contribution in [0, 0.1) is 5.92 Å². The lowest BCUT2D eigenvalue weighted by molar-refractivity contribution is -0.125. The number of aromatic nitrogens is 1. The molecule has 3 N–H and O–H groups in total. The van der Waals surface area contributed by atoms with E-state index in [1.807, 2.05) is 42.5 Å². The number of hydrogen-bond acceptors (Lipinski definition) is 3. The minimum Gasteiger partial charge on any atom is -0.351 e. The zero-order chi connectivity index (χ0) is 18.1. The zero-order valence-electron chi connectivity index (χ0n) is 13.9. The molecule has 1 atom stereocenters. The first-order valence-corrected chi connectivity index (χ1v) is 8.40. The molecule has 0 unspecified atom stereocenters. The van der Waals surface area contributed by atoms with Gasteiger partial charge in [0.05, 0.1) is 5.92 Å². The lowest BCUT2D eigenvalue weighted by atomic mass is 9.98. The van der Waals surface area contributed by atoms with E-state index in [1.165, 1.54) is 0 Å². The lowest BCUT2D eigenvalue weighted by Gasteiger charge is -2.08. The highest BCUT2D eigenvalue weighted by Crippen LogP contribution is 2.20. The highest BCUT2D eigenvalue weighted by atomic mass is 16.2. The van der Waals surface area contributed by atoms with Crippen LogP contribution in [0.3, 0.4) is 0 Å². The van der Waals surface area contributed by atoms with E-state index >= 15 is 0 Å². The van der Waals surface area contributed by atoms with Gasteiger partial charge in [0.25, 0.3) is 5.91 Å². The number of imide groups is 1. The number of fused-ring (bicyclic) bond motifs is 1. The summed E-state index contributed by atoms with van der Waals surface area (Å²) in [6.07, 6.45) is 0.742. The highest BCUT2D eigenvalue weighted by Gasteiger charge is 2.30. The minimum absolute atomic E-state index is 0.213. The number of carbonyl (C=O) groups excluding carboxylic acids is 3. The van der Waals surface area contributed by atoms with Gasteiger partial charge < -0.3 is 10.3 Å². The molecule has 0 spiro atoms. The van der Waals surface area contributed by atoms with Crippen molar-refractivity contribution in [2.45, 2.75) is 12.8 Å². The number of nitrogens with one attached hydrogen (secondary N) is 3. The monoisotopic (exact) mass is 347 g/mol. The predicted molar refractivity (Wildman–Crippen MR) is 97.7 cm³/mol. The Labute approximate surface area is 149 Å². The van der Waals surface area contributed by atoms with Gasteiger partial charge in [-0.25, -0.2) is 0 Å². The Kier molecular flexibility index (Phi) is 4.01. The normalized spacial score (nSPS) is 16.7. The molecule has 26 heavy (non-hydrogen) atoms. The van der Waals surface area contributed by atoms with Gasteiger partial charge in [0.1, 0.15) is 5.69 Å². The van der Waals surface area contributed by atoms with Gasteiger partial charge in [-0.05, 0) is 36.2 Å². The predicted octanol–water partition coefficient (Wildman–Crippen LogP) is 2.63. The molecule has 130 valence electrons. The van der Waals surface area contributed by atoms with E-state index < -0.39 is 0 Å². The largest absolute Gasteiger partial charge is 0.351 e. The van der Waals surface area contributed by atoms with Gasteiger partial charge >= 0.3 is 0 Å². The summed E-state index contributed by atoms with van der Waals surface area (Å²) in [4.78, 5) is 38.4. The van der Waals surface area contributed by atoms with Crippen molar-refractivity contribution in [2.24, 2.45) is 5.92 Å². The summed E-state index contributed by atoms with van der Waals surface area (Å²) in [6.45, 7) is 0. The van der Waals surface area contributed by atoms with Crippen molar-refractivity contribution < 1.29 is 14.4 Å². The van der Waals surface area contributed by atoms with Gasteiger partial charge in [-0.3, -0.25) is 19.7 Å². The molecule has 0 radical (unpaired) electrons. The molecule has 1 aromatic heterocycles. The molecule has 4 rings (SSSR count). The van der Waals surface area contributed by atoms with E-state index in [0.29, 0.717) is 17.8 Å². The van der Waals surface area contributed by atoms with E-state index in [-0.39, 0.29) is 30.1 Å². The summed E-state index contributed by atoms with van der Waals surface area (Å²) < 4.78 is 0. The van der Waals surface area contributed by atoms with E-state index in [9.17, 15) is 14.4 Å². The summed E-state index contributed by atoms with van der Waals surface area (Å²) in [7, 11) is 0. The zero-order valence-corrected chi connectivity index (χ0v) is 13.9. The van der Waals surface area contributed by atoms with Crippen LogP contribution >= 0.6 is 0 Å². The van der Waals surface area contributed by atoms with Crippen molar-refractivity contribution in [1.82, 2.24) is 10.3 Å². The topological polar surface area (TPSA) is 91.1 Å².